The van der Waals surface area contributed by atoms with Crippen molar-refractivity contribution in [1.29, 1.82) is 0 Å². The Morgan fingerprint density at radius 1 is 1.00 bits per heavy atom. The molecule has 0 radical (unpaired) electrons. The summed E-state index contributed by atoms with van der Waals surface area (Å²) in [5.41, 5.74) is 9.57. The number of thiazole rings is 1. The van der Waals surface area contributed by atoms with Gasteiger partial charge in [0, 0.05) is 11.1 Å². The molecule has 2 amide bonds. The van der Waals surface area contributed by atoms with Gasteiger partial charge in [-0.3, -0.25) is 20.4 Å². The van der Waals surface area contributed by atoms with E-state index in [1.165, 1.54) is 11.3 Å². The molecule has 3 aromatic rings. The second kappa shape index (κ2) is 6.58. The van der Waals surface area contributed by atoms with Crippen LogP contribution < -0.4 is 10.9 Å². The summed E-state index contributed by atoms with van der Waals surface area (Å²) in [5, 5.41) is 0. The van der Waals surface area contributed by atoms with Crippen LogP contribution in [0.5, 0.6) is 0 Å². The van der Waals surface area contributed by atoms with Crippen LogP contribution in [0.4, 0.5) is 0 Å². The van der Waals surface area contributed by atoms with Gasteiger partial charge in [0.05, 0.1) is 15.7 Å². The molecule has 0 fully saturated rings. The van der Waals surface area contributed by atoms with Crippen LogP contribution in [0.2, 0.25) is 0 Å². The first-order valence-corrected chi connectivity index (χ1v) is 8.08. The topological polar surface area (TPSA) is 71.1 Å². The van der Waals surface area contributed by atoms with Crippen LogP contribution in [0.3, 0.4) is 0 Å². The Morgan fingerprint density at radius 3 is 2.35 bits per heavy atom. The SMILES string of the molecule is CCc1ccc(C(=O)NNC(=O)c2ccc3ncsc3c2)cc1. The maximum atomic E-state index is 12.1. The summed E-state index contributed by atoms with van der Waals surface area (Å²) >= 11 is 1.47. The number of hydrazine groups is 1. The number of rotatable bonds is 3. The summed E-state index contributed by atoms with van der Waals surface area (Å²) in [6.45, 7) is 2.05. The van der Waals surface area contributed by atoms with E-state index in [-0.39, 0.29) is 11.8 Å². The first-order valence-electron chi connectivity index (χ1n) is 7.20. The lowest BCUT2D eigenvalue weighted by atomic mass is 10.1. The van der Waals surface area contributed by atoms with E-state index in [1.807, 2.05) is 12.1 Å². The number of carbonyl (C=O) groups excluding carboxylic acids is 2. The zero-order chi connectivity index (χ0) is 16.2. The first-order chi connectivity index (χ1) is 11.2. The highest BCUT2D eigenvalue weighted by Gasteiger charge is 2.10. The Balaban J connectivity index is 1.64. The van der Waals surface area contributed by atoms with Crippen LogP contribution >= 0.6 is 11.3 Å². The van der Waals surface area contributed by atoms with Crippen molar-refractivity contribution in [2.45, 2.75) is 13.3 Å². The van der Waals surface area contributed by atoms with Crippen LogP contribution in [0.1, 0.15) is 33.2 Å². The maximum Gasteiger partial charge on any atom is 0.269 e. The Bertz CT molecular complexity index is 856. The number of benzene rings is 2. The van der Waals surface area contributed by atoms with E-state index in [0.29, 0.717) is 11.1 Å². The summed E-state index contributed by atoms with van der Waals surface area (Å²) in [7, 11) is 0. The molecule has 0 atom stereocenters. The minimum Gasteiger partial charge on any atom is -0.267 e. The van der Waals surface area contributed by atoms with Crippen molar-refractivity contribution >= 4 is 33.4 Å². The minimum atomic E-state index is -0.362. The molecule has 0 aliphatic carbocycles. The van der Waals surface area contributed by atoms with Crippen molar-refractivity contribution in [2.24, 2.45) is 0 Å². The quantitative estimate of drug-likeness (QED) is 0.727. The van der Waals surface area contributed by atoms with Crippen molar-refractivity contribution in [3.63, 3.8) is 0 Å². The molecule has 2 aromatic carbocycles. The van der Waals surface area contributed by atoms with Crippen molar-refractivity contribution < 1.29 is 9.59 Å². The fourth-order valence-electron chi connectivity index (χ4n) is 2.15. The number of nitrogens with zero attached hydrogens (tertiary/aromatic N) is 1. The molecule has 116 valence electrons. The molecule has 0 aliphatic rings. The van der Waals surface area contributed by atoms with Gasteiger partial charge in [0.15, 0.2) is 0 Å². The number of carbonyl (C=O) groups is 2. The van der Waals surface area contributed by atoms with Gasteiger partial charge < -0.3 is 0 Å². The van der Waals surface area contributed by atoms with Gasteiger partial charge in [-0.2, -0.15) is 0 Å². The molecule has 0 bridgehead atoms. The zero-order valence-corrected chi connectivity index (χ0v) is 13.3. The molecule has 1 heterocycles. The fourth-order valence-corrected chi connectivity index (χ4v) is 2.86. The van der Waals surface area contributed by atoms with Crippen LogP contribution in [0.15, 0.2) is 48.0 Å². The third-order valence-corrected chi connectivity index (χ3v) is 4.30. The summed E-state index contributed by atoms with van der Waals surface area (Å²) in [4.78, 5) is 28.3. The molecule has 0 unspecified atom stereocenters. The molecule has 3 rings (SSSR count). The van der Waals surface area contributed by atoms with Crippen LogP contribution in [0.25, 0.3) is 10.2 Å². The third-order valence-electron chi connectivity index (χ3n) is 3.51. The average Bonchev–Trinajstić information content (AvgIpc) is 3.07. The molecule has 5 nitrogen and oxygen atoms in total. The zero-order valence-electron chi connectivity index (χ0n) is 12.5. The Kier molecular flexibility index (Phi) is 4.34. The molecule has 0 saturated carbocycles. The largest absolute Gasteiger partial charge is 0.269 e. The summed E-state index contributed by atoms with van der Waals surface area (Å²) in [6, 6.07) is 12.5. The third kappa shape index (κ3) is 3.37. The molecule has 2 N–H and O–H groups in total. The number of fused-ring (bicyclic) bond motifs is 1. The van der Waals surface area contributed by atoms with Crippen molar-refractivity contribution in [3.05, 3.63) is 64.7 Å². The lowest BCUT2D eigenvalue weighted by molar-refractivity contribution is 0.0847. The smallest absolute Gasteiger partial charge is 0.267 e. The van der Waals surface area contributed by atoms with Crippen molar-refractivity contribution in [1.82, 2.24) is 15.8 Å². The number of nitrogens with one attached hydrogen (secondary N) is 2. The van der Waals surface area contributed by atoms with Crippen LogP contribution in [-0.2, 0) is 6.42 Å². The average molecular weight is 325 g/mol. The number of amides is 2. The lowest BCUT2D eigenvalue weighted by Crippen LogP contribution is -2.41. The summed E-state index contributed by atoms with van der Waals surface area (Å²) in [6.07, 6.45) is 0.915. The highest BCUT2D eigenvalue weighted by atomic mass is 32.1. The Morgan fingerprint density at radius 2 is 1.65 bits per heavy atom. The maximum absolute atomic E-state index is 12.1. The standard InChI is InChI=1S/C17H15N3O2S/c1-2-11-3-5-12(6-4-11)16(21)19-20-17(22)13-7-8-14-15(9-13)23-10-18-14/h3-10H,2H2,1H3,(H,19,21)(H,20,22). The number of hydrogen-bond donors (Lipinski definition) is 2. The van der Waals surface area contributed by atoms with Crippen molar-refractivity contribution in [2.75, 3.05) is 0 Å². The first kappa shape index (κ1) is 15.2. The van der Waals surface area contributed by atoms with Gasteiger partial charge in [-0.15, -0.1) is 11.3 Å². The van der Waals surface area contributed by atoms with Gasteiger partial charge in [0.2, 0.25) is 0 Å². The minimum absolute atomic E-state index is 0.347. The van der Waals surface area contributed by atoms with Gasteiger partial charge in [0.25, 0.3) is 11.8 Å². The second-order valence-electron chi connectivity index (χ2n) is 4.99. The number of hydrogen-bond acceptors (Lipinski definition) is 4. The fraction of sp³-hybridized carbons (Fsp3) is 0.118. The van der Waals surface area contributed by atoms with E-state index >= 15 is 0 Å². The van der Waals surface area contributed by atoms with Gasteiger partial charge in [-0.25, -0.2) is 4.98 Å². The van der Waals surface area contributed by atoms with E-state index in [1.54, 1.807) is 35.8 Å². The predicted molar refractivity (Wildman–Crippen MR) is 90.4 cm³/mol. The molecule has 1 aromatic heterocycles. The predicted octanol–water partition coefficient (Wildman–Crippen LogP) is 2.93. The number of aryl methyl sites for hydroxylation is 1. The van der Waals surface area contributed by atoms with E-state index in [0.717, 1.165) is 22.2 Å². The lowest BCUT2D eigenvalue weighted by Gasteiger charge is -2.08. The van der Waals surface area contributed by atoms with Crippen LogP contribution in [-0.4, -0.2) is 16.8 Å². The molecule has 0 saturated heterocycles. The summed E-state index contributed by atoms with van der Waals surface area (Å²) in [5.74, 6) is -0.710. The normalized spacial score (nSPS) is 10.5. The van der Waals surface area contributed by atoms with Crippen LogP contribution in [0, 0.1) is 0 Å². The number of aromatic nitrogens is 1. The van der Waals surface area contributed by atoms with E-state index in [2.05, 4.69) is 22.8 Å². The van der Waals surface area contributed by atoms with Gasteiger partial charge >= 0.3 is 0 Å². The molecule has 0 spiro atoms. The highest BCUT2D eigenvalue weighted by molar-refractivity contribution is 7.16. The monoisotopic (exact) mass is 325 g/mol. The molecular formula is C17H15N3O2S. The van der Waals surface area contributed by atoms with Gasteiger partial charge in [-0.1, -0.05) is 19.1 Å². The molecular weight excluding hydrogens is 310 g/mol. The van der Waals surface area contributed by atoms with Crippen molar-refractivity contribution in [3.8, 4) is 0 Å². The van der Waals surface area contributed by atoms with E-state index in [4.69, 9.17) is 0 Å². The molecule has 23 heavy (non-hydrogen) atoms. The van der Waals surface area contributed by atoms with Gasteiger partial charge in [-0.05, 0) is 42.3 Å². The van der Waals surface area contributed by atoms with Gasteiger partial charge in [0.1, 0.15) is 0 Å². The highest BCUT2D eigenvalue weighted by Crippen LogP contribution is 2.18. The Labute approximate surface area is 137 Å². The second-order valence-corrected chi connectivity index (χ2v) is 5.88. The Hall–Kier alpha value is -2.73. The molecule has 0 aliphatic heterocycles. The molecule has 6 heteroatoms. The van der Waals surface area contributed by atoms with E-state index in [9.17, 15) is 9.59 Å². The van der Waals surface area contributed by atoms with E-state index < -0.39 is 0 Å². The summed E-state index contributed by atoms with van der Waals surface area (Å²) < 4.78 is 0.930.